The molecule has 0 aromatic heterocycles. The van der Waals surface area contributed by atoms with Crippen LogP contribution in [0.3, 0.4) is 0 Å². The van der Waals surface area contributed by atoms with Gasteiger partial charge in [-0.2, -0.15) is 0 Å². The molecular formula is C12H26N2O3. The minimum atomic E-state index is -1.50. The number of nitrogens with zero attached hydrogens (tertiary/aromatic N) is 2. The molecule has 5 nitrogen and oxygen atoms in total. The van der Waals surface area contributed by atoms with Gasteiger partial charge in [-0.1, -0.05) is 39.0 Å². The minimum Gasteiger partial charge on any atom is -0.328 e. The Hall–Kier alpha value is -0.840. The molecule has 0 saturated carbocycles. The predicted octanol–water partition coefficient (Wildman–Crippen LogP) is 3.10. The molecule has 0 aromatic rings. The Balaban J connectivity index is 0.000000557. The molecule has 17 heavy (non-hydrogen) atoms. The Morgan fingerprint density at radius 3 is 2.12 bits per heavy atom. The van der Waals surface area contributed by atoms with Gasteiger partial charge in [-0.3, -0.25) is 0 Å². The zero-order chi connectivity index (χ0) is 12.9. The van der Waals surface area contributed by atoms with Crippen LogP contribution in [0.5, 0.6) is 0 Å². The van der Waals surface area contributed by atoms with Crippen molar-refractivity contribution in [2.75, 3.05) is 19.6 Å². The summed E-state index contributed by atoms with van der Waals surface area (Å²) in [5.74, 6) is 0. The maximum Gasteiger partial charge on any atom is 0.291 e. The van der Waals surface area contributed by atoms with Crippen LogP contribution >= 0.6 is 0 Å². The molecule has 0 bridgehead atoms. The van der Waals surface area contributed by atoms with E-state index in [0.717, 1.165) is 0 Å². The Morgan fingerprint density at radius 2 is 1.59 bits per heavy atom. The van der Waals surface area contributed by atoms with Crippen molar-refractivity contribution in [2.45, 2.75) is 58.3 Å². The molecule has 1 fully saturated rings. The maximum absolute atomic E-state index is 8.36. The molecule has 5 heteroatoms. The quantitative estimate of drug-likeness (QED) is 0.426. The van der Waals surface area contributed by atoms with E-state index in [2.05, 4.69) is 11.8 Å². The highest BCUT2D eigenvalue weighted by Crippen LogP contribution is 2.10. The first kappa shape index (κ1) is 16.2. The molecule has 1 saturated heterocycles. The lowest BCUT2D eigenvalue weighted by Crippen LogP contribution is -2.20. The minimum absolute atomic E-state index is 1.37. The monoisotopic (exact) mass is 246 g/mol. The molecule has 1 aliphatic heterocycles. The van der Waals surface area contributed by atoms with Crippen LogP contribution in [-0.4, -0.2) is 34.8 Å². The summed E-state index contributed by atoms with van der Waals surface area (Å²) >= 11 is 0. The predicted molar refractivity (Wildman–Crippen MR) is 67.8 cm³/mol. The van der Waals surface area contributed by atoms with Gasteiger partial charge in [0.15, 0.2) is 0 Å². The van der Waals surface area contributed by atoms with E-state index in [1.165, 1.54) is 71.0 Å². The molecule has 1 aliphatic rings. The van der Waals surface area contributed by atoms with Crippen LogP contribution in [0.1, 0.15) is 58.3 Å². The second kappa shape index (κ2) is 11.6. The molecule has 0 radical (unpaired) electrons. The van der Waals surface area contributed by atoms with E-state index in [9.17, 15) is 0 Å². The zero-order valence-corrected chi connectivity index (χ0v) is 10.9. The van der Waals surface area contributed by atoms with E-state index >= 15 is 0 Å². The van der Waals surface area contributed by atoms with E-state index in [1.807, 2.05) is 0 Å². The largest absolute Gasteiger partial charge is 0.328 e. The first-order valence-electron chi connectivity index (χ1n) is 6.72. The topological polar surface area (TPSA) is 66.6 Å². The molecule has 102 valence electrons. The first-order valence-corrected chi connectivity index (χ1v) is 6.72. The van der Waals surface area contributed by atoms with Gasteiger partial charge < -0.3 is 10.1 Å². The third-order valence-electron chi connectivity index (χ3n) is 3.03. The lowest BCUT2D eigenvalue weighted by atomic mass is 10.1. The molecule has 0 atom stereocenters. The second-order valence-corrected chi connectivity index (χ2v) is 4.55. The van der Waals surface area contributed by atoms with Crippen molar-refractivity contribution in [3.63, 3.8) is 0 Å². The normalized spacial score (nSPS) is 15.4. The average Bonchev–Trinajstić information content (AvgIpc) is 2.75. The Bertz CT molecular complexity index is 179. The summed E-state index contributed by atoms with van der Waals surface area (Å²) in [5.41, 5.74) is 0. The van der Waals surface area contributed by atoms with Crippen molar-refractivity contribution in [2.24, 2.45) is 0 Å². The smallest absolute Gasteiger partial charge is 0.291 e. The molecule has 0 spiro atoms. The fourth-order valence-electron chi connectivity index (χ4n) is 2.12. The first-order chi connectivity index (χ1) is 8.16. The van der Waals surface area contributed by atoms with Crippen LogP contribution in [0.4, 0.5) is 0 Å². The van der Waals surface area contributed by atoms with E-state index in [4.69, 9.17) is 15.3 Å². The Morgan fingerprint density at radius 1 is 1.12 bits per heavy atom. The number of rotatable bonds is 7. The highest BCUT2D eigenvalue weighted by Gasteiger charge is 2.09. The van der Waals surface area contributed by atoms with Gasteiger partial charge >= 0.3 is 0 Å². The van der Waals surface area contributed by atoms with Crippen LogP contribution in [0.2, 0.25) is 0 Å². The van der Waals surface area contributed by atoms with Crippen molar-refractivity contribution in [1.29, 1.82) is 0 Å². The molecule has 0 aliphatic carbocycles. The number of unbranched alkanes of at least 4 members (excludes halogenated alkanes) is 5. The van der Waals surface area contributed by atoms with Crippen LogP contribution in [-0.2, 0) is 0 Å². The van der Waals surface area contributed by atoms with E-state index in [-0.39, 0.29) is 0 Å². The van der Waals surface area contributed by atoms with Gasteiger partial charge in [-0.05, 0) is 38.9 Å². The molecule has 0 unspecified atom stereocenters. The molecule has 0 amide bonds. The van der Waals surface area contributed by atoms with Gasteiger partial charge in [0.25, 0.3) is 5.09 Å². The summed E-state index contributed by atoms with van der Waals surface area (Å²) in [6, 6.07) is 0. The fraction of sp³-hybridized carbons (Fsp3) is 1.00. The van der Waals surface area contributed by atoms with Crippen LogP contribution in [0.25, 0.3) is 0 Å². The lowest BCUT2D eigenvalue weighted by molar-refractivity contribution is -0.742. The standard InChI is InChI=1S/C12H25N.HNO3/c1-2-3-4-5-6-7-10-13-11-8-9-12-13;2-1(3)4/h2-12H2,1H3;(H,2,3,4). The Kier molecular flexibility index (Phi) is 11.1. The molecule has 0 aromatic carbocycles. The summed E-state index contributed by atoms with van der Waals surface area (Å²) in [4.78, 5) is 11.0. The molecule has 1 heterocycles. The van der Waals surface area contributed by atoms with Crippen molar-refractivity contribution in [1.82, 2.24) is 4.90 Å². The third-order valence-corrected chi connectivity index (χ3v) is 3.03. The summed E-state index contributed by atoms with van der Waals surface area (Å²) < 4.78 is 0. The SMILES string of the molecule is CCCCCCCCN1CCCC1.O=[N+]([O-])O. The highest BCUT2D eigenvalue weighted by molar-refractivity contribution is 4.65. The van der Waals surface area contributed by atoms with Gasteiger partial charge in [0.05, 0.1) is 0 Å². The second-order valence-electron chi connectivity index (χ2n) is 4.55. The molecular weight excluding hydrogens is 220 g/mol. The van der Waals surface area contributed by atoms with Gasteiger partial charge in [0.1, 0.15) is 0 Å². The zero-order valence-electron chi connectivity index (χ0n) is 10.9. The summed E-state index contributed by atoms with van der Waals surface area (Å²) in [6.07, 6.45) is 11.5. The number of hydrogen-bond donors (Lipinski definition) is 1. The fourth-order valence-corrected chi connectivity index (χ4v) is 2.12. The summed E-state index contributed by atoms with van der Waals surface area (Å²) in [6.45, 7) is 6.39. The van der Waals surface area contributed by atoms with Crippen LogP contribution in [0, 0.1) is 10.1 Å². The van der Waals surface area contributed by atoms with Crippen molar-refractivity contribution < 1.29 is 10.3 Å². The summed E-state index contributed by atoms with van der Waals surface area (Å²) in [7, 11) is 0. The van der Waals surface area contributed by atoms with Gasteiger partial charge in [0.2, 0.25) is 0 Å². The lowest BCUT2D eigenvalue weighted by Gasteiger charge is -2.13. The van der Waals surface area contributed by atoms with E-state index in [0.29, 0.717) is 0 Å². The molecule has 1 N–H and O–H groups in total. The Labute approximate surface area is 104 Å². The number of likely N-dealkylation sites (tertiary alicyclic amines) is 1. The van der Waals surface area contributed by atoms with Crippen molar-refractivity contribution in [3.05, 3.63) is 10.1 Å². The van der Waals surface area contributed by atoms with Crippen molar-refractivity contribution >= 4 is 0 Å². The van der Waals surface area contributed by atoms with Gasteiger partial charge in [-0.25, -0.2) is 0 Å². The van der Waals surface area contributed by atoms with Crippen molar-refractivity contribution in [3.8, 4) is 0 Å². The van der Waals surface area contributed by atoms with Gasteiger partial charge in [0, 0.05) is 0 Å². The maximum atomic E-state index is 8.36. The highest BCUT2D eigenvalue weighted by atomic mass is 16.9. The third kappa shape index (κ3) is 13.1. The van der Waals surface area contributed by atoms with Crippen LogP contribution < -0.4 is 0 Å². The van der Waals surface area contributed by atoms with E-state index < -0.39 is 5.09 Å². The average molecular weight is 246 g/mol. The van der Waals surface area contributed by atoms with Gasteiger partial charge in [-0.15, -0.1) is 10.1 Å². The number of hydrogen-bond acceptors (Lipinski definition) is 3. The van der Waals surface area contributed by atoms with Crippen LogP contribution in [0.15, 0.2) is 0 Å². The molecule has 1 rings (SSSR count). The summed E-state index contributed by atoms with van der Waals surface area (Å²) in [5, 5.41) is 13.6. The van der Waals surface area contributed by atoms with E-state index in [1.54, 1.807) is 0 Å².